The topological polar surface area (TPSA) is 80.7 Å². The van der Waals surface area contributed by atoms with E-state index in [1.807, 2.05) is 0 Å². The second-order valence-corrected chi connectivity index (χ2v) is 5.14. The van der Waals surface area contributed by atoms with Gasteiger partial charge in [0.05, 0.1) is 24.8 Å². The fourth-order valence-electron chi connectivity index (χ4n) is 2.66. The first-order valence-corrected chi connectivity index (χ1v) is 6.62. The minimum Gasteiger partial charge on any atom is -0.388 e. The molecule has 0 aromatic carbocycles. The molecule has 2 N–H and O–H groups in total. The van der Waals surface area contributed by atoms with E-state index >= 15 is 0 Å². The molecule has 3 heterocycles. The number of nitrogens with zero attached hydrogens (tertiary/aromatic N) is 1. The lowest BCUT2D eigenvalue weighted by atomic mass is 10.1. The number of halogens is 3. The van der Waals surface area contributed by atoms with E-state index in [-0.39, 0.29) is 13.2 Å². The maximum absolute atomic E-state index is 12.9. The fraction of sp³-hybridized carbons (Fsp3) is 0.538. The standard InChI is InChI=1S/C13H13F3N2O4/c14-13(15,16)11-6(2-1-3-17-11)12(20)18-7-4-21-10-8(19)5-22-9(7)10/h1-3,7-10,19H,4-5H2,(H,18,20)/t7-,8-,9+,10+/m0/s1. The molecule has 0 spiro atoms. The molecule has 2 fully saturated rings. The van der Waals surface area contributed by atoms with Crippen LogP contribution in [0.4, 0.5) is 13.2 Å². The third-order valence-electron chi connectivity index (χ3n) is 3.66. The van der Waals surface area contributed by atoms with Crippen molar-refractivity contribution in [3.63, 3.8) is 0 Å². The quantitative estimate of drug-likeness (QED) is 0.823. The van der Waals surface area contributed by atoms with Crippen LogP contribution in [0.15, 0.2) is 18.3 Å². The van der Waals surface area contributed by atoms with Gasteiger partial charge in [-0.15, -0.1) is 0 Å². The molecule has 22 heavy (non-hydrogen) atoms. The van der Waals surface area contributed by atoms with E-state index in [0.717, 1.165) is 12.3 Å². The summed E-state index contributed by atoms with van der Waals surface area (Å²) in [5.41, 5.74) is -1.80. The van der Waals surface area contributed by atoms with Crippen LogP contribution in [0, 0.1) is 0 Å². The number of aliphatic hydroxyl groups excluding tert-OH is 1. The Morgan fingerprint density at radius 2 is 2.05 bits per heavy atom. The van der Waals surface area contributed by atoms with E-state index in [9.17, 15) is 23.1 Å². The third kappa shape index (κ3) is 2.67. The monoisotopic (exact) mass is 318 g/mol. The minimum absolute atomic E-state index is 0.0692. The number of rotatable bonds is 2. The zero-order valence-corrected chi connectivity index (χ0v) is 11.2. The van der Waals surface area contributed by atoms with Crippen molar-refractivity contribution in [1.29, 1.82) is 0 Å². The molecule has 0 unspecified atom stereocenters. The molecule has 9 heteroatoms. The molecule has 2 aliphatic heterocycles. The number of carbonyl (C=O) groups is 1. The number of carbonyl (C=O) groups excluding carboxylic acids is 1. The van der Waals surface area contributed by atoms with Crippen molar-refractivity contribution < 1.29 is 32.5 Å². The maximum Gasteiger partial charge on any atom is 0.434 e. The Morgan fingerprint density at radius 1 is 1.32 bits per heavy atom. The summed E-state index contributed by atoms with van der Waals surface area (Å²) in [7, 11) is 0. The Labute approximate surface area is 123 Å². The van der Waals surface area contributed by atoms with Crippen molar-refractivity contribution in [3.05, 3.63) is 29.6 Å². The van der Waals surface area contributed by atoms with E-state index in [1.165, 1.54) is 6.07 Å². The van der Waals surface area contributed by atoms with Crippen LogP contribution < -0.4 is 5.32 Å². The van der Waals surface area contributed by atoms with Gasteiger partial charge in [-0.05, 0) is 12.1 Å². The van der Waals surface area contributed by atoms with Crippen molar-refractivity contribution in [1.82, 2.24) is 10.3 Å². The zero-order valence-electron chi connectivity index (χ0n) is 11.2. The summed E-state index contributed by atoms with van der Waals surface area (Å²) in [6.45, 7) is 0.141. The summed E-state index contributed by atoms with van der Waals surface area (Å²) in [6, 6.07) is 1.70. The normalized spacial score (nSPS) is 31.1. The van der Waals surface area contributed by atoms with Gasteiger partial charge >= 0.3 is 6.18 Å². The molecular formula is C13H13F3N2O4. The van der Waals surface area contributed by atoms with Gasteiger partial charge in [0.2, 0.25) is 0 Å². The second-order valence-electron chi connectivity index (χ2n) is 5.14. The lowest BCUT2D eigenvalue weighted by Crippen LogP contribution is -2.44. The van der Waals surface area contributed by atoms with Gasteiger partial charge in [-0.2, -0.15) is 13.2 Å². The molecule has 4 atom stereocenters. The number of alkyl halides is 3. The third-order valence-corrected chi connectivity index (χ3v) is 3.66. The van der Waals surface area contributed by atoms with Crippen LogP contribution in [0.5, 0.6) is 0 Å². The Balaban J connectivity index is 1.76. The number of fused-ring (bicyclic) bond motifs is 1. The van der Waals surface area contributed by atoms with E-state index in [4.69, 9.17) is 9.47 Å². The summed E-state index contributed by atoms with van der Waals surface area (Å²) in [6.07, 6.45) is -5.67. The van der Waals surface area contributed by atoms with Crippen molar-refractivity contribution in [2.24, 2.45) is 0 Å². The molecule has 1 aromatic heterocycles. The van der Waals surface area contributed by atoms with Crippen molar-refractivity contribution in [2.45, 2.75) is 30.5 Å². The highest BCUT2D eigenvalue weighted by Gasteiger charge is 2.48. The highest BCUT2D eigenvalue weighted by Crippen LogP contribution is 2.31. The summed E-state index contributed by atoms with van der Waals surface area (Å²) in [5, 5.41) is 12.1. The van der Waals surface area contributed by atoms with Crippen LogP contribution in [0.2, 0.25) is 0 Å². The average Bonchev–Trinajstić information content (AvgIpc) is 3.02. The molecule has 0 bridgehead atoms. The smallest absolute Gasteiger partial charge is 0.388 e. The number of aromatic nitrogens is 1. The van der Waals surface area contributed by atoms with Crippen molar-refractivity contribution in [3.8, 4) is 0 Å². The molecule has 3 rings (SSSR count). The lowest BCUT2D eigenvalue weighted by molar-refractivity contribution is -0.141. The predicted octanol–water partition coefficient (Wildman–Crippen LogP) is 0.357. The molecule has 0 aliphatic carbocycles. The SMILES string of the molecule is O=C(N[C@H]1CO[C@H]2[C@@H]1OC[C@@H]2O)c1cccnc1C(F)(F)F. The number of hydrogen-bond acceptors (Lipinski definition) is 5. The van der Waals surface area contributed by atoms with Gasteiger partial charge in [-0.25, -0.2) is 0 Å². The second kappa shape index (κ2) is 5.49. The van der Waals surface area contributed by atoms with E-state index in [1.54, 1.807) is 0 Å². The van der Waals surface area contributed by atoms with Crippen LogP contribution >= 0.6 is 0 Å². The number of amides is 1. The molecule has 120 valence electrons. The summed E-state index contributed by atoms with van der Waals surface area (Å²) >= 11 is 0. The first-order chi connectivity index (χ1) is 10.4. The molecule has 1 aromatic rings. The van der Waals surface area contributed by atoms with Crippen LogP contribution in [-0.2, 0) is 15.7 Å². The summed E-state index contributed by atoms with van der Waals surface area (Å²) < 4.78 is 49.2. The fourth-order valence-corrected chi connectivity index (χ4v) is 2.66. The molecular weight excluding hydrogens is 305 g/mol. The number of nitrogens with one attached hydrogen (secondary N) is 1. The van der Waals surface area contributed by atoms with Gasteiger partial charge in [0.1, 0.15) is 18.3 Å². The van der Waals surface area contributed by atoms with Crippen LogP contribution in [-0.4, -0.2) is 53.6 Å². The van der Waals surface area contributed by atoms with Crippen LogP contribution in [0.3, 0.4) is 0 Å². The van der Waals surface area contributed by atoms with Crippen LogP contribution in [0.25, 0.3) is 0 Å². The largest absolute Gasteiger partial charge is 0.434 e. The first kappa shape index (κ1) is 15.2. The maximum atomic E-state index is 12.9. The number of hydrogen-bond donors (Lipinski definition) is 2. The Kier molecular flexibility index (Phi) is 3.79. The van der Waals surface area contributed by atoms with E-state index in [2.05, 4.69) is 10.3 Å². The molecule has 1 amide bonds. The lowest BCUT2D eigenvalue weighted by Gasteiger charge is -2.18. The van der Waals surface area contributed by atoms with Crippen molar-refractivity contribution >= 4 is 5.91 Å². The van der Waals surface area contributed by atoms with Gasteiger partial charge in [-0.1, -0.05) is 0 Å². The Hall–Kier alpha value is -1.71. The molecule has 0 radical (unpaired) electrons. The Morgan fingerprint density at radius 3 is 2.77 bits per heavy atom. The minimum atomic E-state index is -4.72. The van der Waals surface area contributed by atoms with Crippen LogP contribution in [0.1, 0.15) is 16.1 Å². The van der Waals surface area contributed by atoms with E-state index < -0.39 is 47.7 Å². The first-order valence-electron chi connectivity index (χ1n) is 6.62. The Bertz CT molecular complexity index is 581. The number of pyridine rings is 1. The van der Waals surface area contributed by atoms with Gasteiger partial charge in [0.15, 0.2) is 5.69 Å². The highest BCUT2D eigenvalue weighted by molar-refractivity contribution is 5.95. The summed E-state index contributed by atoms with van der Waals surface area (Å²) in [4.78, 5) is 15.3. The molecule has 6 nitrogen and oxygen atoms in total. The van der Waals surface area contributed by atoms with Crippen molar-refractivity contribution in [2.75, 3.05) is 13.2 Å². The number of ether oxygens (including phenoxy) is 2. The molecule has 2 aliphatic rings. The zero-order chi connectivity index (χ0) is 15.9. The predicted molar refractivity (Wildman–Crippen MR) is 66.0 cm³/mol. The van der Waals surface area contributed by atoms with Gasteiger partial charge < -0.3 is 19.9 Å². The average molecular weight is 318 g/mol. The molecule has 0 saturated carbocycles. The van der Waals surface area contributed by atoms with E-state index in [0.29, 0.717) is 0 Å². The van der Waals surface area contributed by atoms with Gasteiger partial charge in [0.25, 0.3) is 5.91 Å². The highest BCUT2D eigenvalue weighted by atomic mass is 19.4. The molecule has 2 saturated heterocycles. The number of aliphatic hydroxyl groups is 1. The summed E-state index contributed by atoms with van der Waals surface area (Å²) in [5.74, 6) is -0.903. The van der Waals surface area contributed by atoms with Gasteiger partial charge in [-0.3, -0.25) is 9.78 Å². The van der Waals surface area contributed by atoms with Gasteiger partial charge in [0, 0.05) is 6.20 Å².